The van der Waals surface area contributed by atoms with Crippen LogP contribution in [0.3, 0.4) is 0 Å². The van der Waals surface area contributed by atoms with E-state index in [0.717, 1.165) is 30.6 Å². The summed E-state index contributed by atoms with van der Waals surface area (Å²) < 4.78 is 16.2. The lowest BCUT2D eigenvalue weighted by molar-refractivity contribution is -0.112. The van der Waals surface area contributed by atoms with Crippen LogP contribution in [0.5, 0.6) is 11.5 Å². The summed E-state index contributed by atoms with van der Waals surface area (Å²) >= 11 is 1.19. The topological polar surface area (TPSA) is 97.6 Å². The number of methoxy groups -OCH3 is 1. The molecule has 37 heavy (non-hydrogen) atoms. The van der Waals surface area contributed by atoms with E-state index in [0.29, 0.717) is 28.5 Å². The van der Waals surface area contributed by atoms with Gasteiger partial charge in [-0.25, -0.2) is 4.79 Å². The van der Waals surface area contributed by atoms with Crippen molar-refractivity contribution in [3.8, 4) is 28.7 Å². The van der Waals surface area contributed by atoms with Crippen molar-refractivity contribution >= 4 is 34.3 Å². The van der Waals surface area contributed by atoms with Crippen LogP contribution in [0.25, 0.3) is 17.2 Å². The van der Waals surface area contributed by atoms with E-state index >= 15 is 0 Å². The second kappa shape index (κ2) is 13.9. The smallest absolute Gasteiger partial charge is 0.341 e. The molecule has 0 spiro atoms. The lowest BCUT2D eigenvalue weighted by Crippen LogP contribution is -2.16. The van der Waals surface area contributed by atoms with Crippen LogP contribution in [0.2, 0.25) is 0 Å². The fourth-order valence-corrected chi connectivity index (χ4v) is 4.48. The molecule has 192 valence electrons. The van der Waals surface area contributed by atoms with Gasteiger partial charge in [-0.3, -0.25) is 4.79 Å². The Hall–Kier alpha value is -4.09. The third-order valence-electron chi connectivity index (χ3n) is 5.47. The van der Waals surface area contributed by atoms with Gasteiger partial charge in [0.2, 0.25) is 0 Å². The van der Waals surface area contributed by atoms with Crippen molar-refractivity contribution in [2.45, 2.75) is 33.1 Å². The fourth-order valence-electron chi connectivity index (χ4n) is 3.53. The number of anilines is 1. The number of esters is 1. The number of carbonyl (C=O) groups is 2. The maximum absolute atomic E-state index is 13.0. The Balaban J connectivity index is 1.81. The zero-order valence-corrected chi connectivity index (χ0v) is 22.0. The number of carbonyl (C=O) groups excluding carboxylic acids is 2. The minimum absolute atomic E-state index is 0.0918. The standard InChI is InChI=1S/C29H30N2O5S/c1-4-6-7-16-36-24-12-8-20(9-13-24)17-22(18-30)27(32)31-28-26(29(33)35-5-2)25(19-37-28)21-10-14-23(34-3)15-11-21/h8-15,17,19H,4-7,16H2,1-3H3,(H,31,32)/b22-17+. The van der Waals surface area contributed by atoms with E-state index in [1.807, 2.05) is 30.3 Å². The summed E-state index contributed by atoms with van der Waals surface area (Å²) in [5, 5.41) is 14.5. The molecule has 1 N–H and O–H groups in total. The minimum Gasteiger partial charge on any atom is -0.497 e. The highest BCUT2D eigenvalue weighted by molar-refractivity contribution is 7.15. The second-order valence-corrected chi connectivity index (χ2v) is 8.93. The number of ether oxygens (including phenoxy) is 3. The number of thiophene rings is 1. The van der Waals surface area contributed by atoms with Crippen molar-refractivity contribution in [1.82, 2.24) is 0 Å². The predicted octanol–water partition coefficient (Wildman–Crippen LogP) is 6.72. The van der Waals surface area contributed by atoms with Crippen LogP contribution in [0, 0.1) is 11.3 Å². The van der Waals surface area contributed by atoms with Gasteiger partial charge in [0.25, 0.3) is 5.91 Å². The molecule has 0 fully saturated rings. The van der Waals surface area contributed by atoms with E-state index in [-0.39, 0.29) is 17.7 Å². The van der Waals surface area contributed by atoms with Crippen LogP contribution >= 0.6 is 11.3 Å². The third-order valence-corrected chi connectivity index (χ3v) is 6.37. The number of nitriles is 1. The number of hydrogen-bond donors (Lipinski definition) is 1. The molecule has 0 radical (unpaired) electrons. The molecule has 3 aromatic rings. The molecule has 0 aliphatic carbocycles. The highest BCUT2D eigenvalue weighted by Crippen LogP contribution is 2.37. The lowest BCUT2D eigenvalue weighted by Gasteiger charge is -2.09. The molecule has 0 atom stereocenters. The lowest BCUT2D eigenvalue weighted by atomic mass is 10.0. The Kier molecular flexibility index (Phi) is 10.3. The van der Waals surface area contributed by atoms with E-state index in [1.54, 1.807) is 43.7 Å². The normalized spacial score (nSPS) is 10.9. The van der Waals surface area contributed by atoms with Crippen LogP contribution < -0.4 is 14.8 Å². The molecule has 1 amide bonds. The molecule has 0 bridgehead atoms. The van der Waals surface area contributed by atoms with Gasteiger partial charge < -0.3 is 19.5 Å². The molecule has 0 saturated heterocycles. The Morgan fingerprint density at radius 1 is 1.03 bits per heavy atom. The summed E-state index contributed by atoms with van der Waals surface area (Å²) in [5.41, 5.74) is 2.23. The van der Waals surface area contributed by atoms with Crippen molar-refractivity contribution in [2.24, 2.45) is 0 Å². The minimum atomic E-state index is -0.615. The monoisotopic (exact) mass is 518 g/mol. The van der Waals surface area contributed by atoms with Crippen molar-refractivity contribution in [3.05, 3.63) is 70.6 Å². The van der Waals surface area contributed by atoms with Gasteiger partial charge in [-0.2, -0.15) is 5.26 Å². The summed E-state index contributed by atoms with van der Waals surface area (Å²) in [6.07, 6.45) is 4.73. The maximum atomic E-state index is 13.0. The zero-order chi connectivity index (χ0) is 26.6. The molecule has 0 aliphatic rings. The third kappa shape index (κ3) is 7.45. The van der Waals surface area contributed by atoms with Crippen LogP contribution in [0.15, 0.2) is 59.5 Å². The Morgan fingerprint density at radius 2 is 1.73 bits per heavy atom. The van der Waals surface area contributed by atoms with Crippen molar-refractivity contribution in [3.63, 3.8) is 0 Å². The summed E-state index contributed by atoms with van der Waals surface area (Å²) in [4.78, 5) is 25.8. The number of nitrogens with one attached hydrogen (secondary N) is 1. The van der Waals surface area contributed by atoms with E-state index < -0.39 is 11.9 Å². The van der Waals surface area contributed by atoms with E-state index in [9.17, 15) is 14.9 Å². The van der Waals surface area contributed by atoms with Gasteiger partial charge in [-0.1, -0.05) is 44.0 Å². The Bertz CT molecular complexity index is 1270. The number of unbranched alkanes of at least 4 members (excludes halogenated alkanes) is 2. The summed E-state index contributed by atoms with van der Waals surface area (Å²) in [7, 11) is 1.58. The number of nitrogens with zero attached hydrogens (tertiary/aromatic N) is 1. The molecule has 0 aliphatic heterocycles. The summed E-state index contributed by atoms with van der Waals surface area (Å²) in [6, 6.07) is 16.4. The predicted molar refractivity (Wildman–Crippen MR) is 146 cm³/mol. The molecule has 8 heteroatoms. The van der Waals surface area contributed by atoms with Crippen LogP contribution in [0.4, 0.5) is 5.00 Å². The van der Waals surface area contributed by atoms with Gasteiger partial charge in [0.15, 0.2) is 0 Å². The first-order valence-corrected chi connectivity index (χ1v) is 13.0. The fraction of sp³-hybridized carbons (Fsp3) is 0.276. The van der Waals surface area contributed by atoms with Gasteiger partial charge in [0, 0.05) is 10.9 Å². The molecule has 0 saturated carbocycles. The van der Waals surface area contributed by atoms with Crippen LogP contribution in [-0.2, 0) is 9.53 Å². The van der Waals surface area contributed by atoms with E-state index in [1.165, 1.54) is 17.4 Å². The molecular weight excluding hydrogens is 488 g/mol. The second-order valence-electron chi connectivity index (χ2n) is 8.05. The molecule has 2 aromatic carbocycles. The summed E-state index contributed by atoms with van der Waals surface area (Å²) in [6.45, 7) is 4.69. The highest BCUT2D eigenvalue weighted by Gasteiger charge is 2.24. The van der Waals surface area contributed by atoms with Crippen molar-refractivity contribution in [1.29, 1.82) is 5.26 Å². The number of amides is 1. The van der Waals surface area contributed by atoms with Gasteiger partial charge in [0.05, 0.1) is 20.3 Å². The Morgan fingerprint density at radius 3 is 2.35 bits per heavy atom. The molecule has 7 nitrogen and oxygen atoms in total. The molecule has 1 aromatic heterocycles. The van der Waals surface area contributed by atoms with E-state index in [2.05, 4.69) is 12.2 Å². The highest BCUT2D eigenvalue weighted by atomic mass is 32.1. The van der Waals surface area contributed by atoms with Gasteiger partial charge >= 0.3 is 5.97 Å². The molecule has 1 heterocycles. The zero-order valence-electron chi connectivity index (χ0n) is 21.2. The van der Waals surface area contributed by atoms with Crippen molar-refractivity contribution < 1.29 is 23.8 Å². The number of benzene rings is 2. The first-order chi connectivity index (χ1) is 18.0. The maximum Gasteiger partial charge on any atom is 0.341 e. The molecule has 3 rings (SSSR count). The number of hydrogen-bond acceptors (Lipinski definition) is 7. The quantitative estimate of drug-likeness (QED) is 0.124. The van der Waals surface area contributed by atoms with Crippen LogP contribution in [-0.4, -0.2) is 32.2 Å². The van der Waals surface area contributed by atoms with E-state index in [4.69, 9.17) is 14.2 Å². The average molecular weight is 519 g/mol. The average Bonchev–Trinajstić information content (AvgIpc) is 3.34. The summed E-state index contributed by atoms with van der Waals surface area (Å²) in [5.74, 6) is 0.253. The number of rotatable bonds is 12. The van der Waals surface area contributed by atoms with Crippen molar-refractivity contribution in [2.75, 3.05) is 25.6 Å². The molecule has 0 unspecified atom stereocenters. The van der Waals surface area contributed by atoms with Gasteiger partial charge in [-0.15, -0.1) is 11.3 Å². The van der Waals surface area contributed by atoms with Gasteiger partial charge in [-0.05, 0) is 54.8 Å². The SMILES string of the molecule is CCCCCOc1ccc(/C=C(\C#N)C(=O)Nc2scc(-c3ccc(OC)cc3)c2C(=O)OCC)cc1. The first-order valence-electron chi connectivity index (χ1n) is 12.1. The van der Waals surface area contributed by atoms with Gasteiger partial charge in [0.1, 0.15) is 33.7 Å². The van der Waals surface area contributed by atoms with Crippen LogP contribution in [0.1, 0.15) is 49.0 Å². The Labute approximate surface area is 221 Å². The molecular formula is C29H30N2O5S. The first kappa shape index (κ1) is 27.5. The largest absolute Gasteiger partial charge is 0.497 e.